The Balaban J connectivity index is 2.24. The van der Waals surface area contributed by atoms with Crippen molar-refractivity contribution in [2.24, 2.45) is 5.41 Å². The molecule has 1 aliphatic carbocycles. The Bertz CT molecular complexity index is 475. The van der Waals surface area contributed by atoms with Gasteiger partial charge in [0.1, 0.15) is 5.69 Å². The van der Waals surface area contributed by atoms with Gasteiger partial charge >= 0.3 is 0 Å². The summed E-state index contributed by atoms with van der Waals surface area (Å²) in [6.07, 6.45) is 4.25. The summed E-state index contributed by atoms with van der Waals surface area (Å²) in [5, 5.41) is 2.43. The van der Waals surface area contributed by atoms with Crippen molar-refractivity contribution in [3.63, 3.8) is 0 Å². The normalized spacial score (nSPS) is 17.5. The van der Waals surface area contributed by atoms with Crippen LogP contribution in [0, 0.1) is 17.0 Å². The molecular formula is C14H16BrF2NO. The zero-order chi connectivity index (χ0) is 14.0. The Kier molecular flexibility index (Phi) is 4.23. The summed E-state index contributed by atoms with van der Waals surface area (Å²) in [4.78, 5) is 12.3. The second-order valence-electron chi connectivity index (χ2n) is 5.04. The third-order valence-corrected chi connectivity index (χ3v) is 4.42. The predicted molar refractivity (Wildman–Crippen MR) is 73.9 cm³/mol. The van der Waals surface area contributed by atoms with Crippen LogP contribution in [0.15, 0.2) is 16.6 Å². The van der Waals surface area contributed by atoms with Crippen molar-refractivity contribution in [3.05, 3.63) is 28.2 Å². The molecule has 1 aromatic carbocycles. The smallest absolute Gasteiger partial charge is 0.230 e. The van der Waals surface area contributed by atoms with E-state index >= 15 is 0 Å². The Hall–Kier alpha value is -0.970. The summed E-state index contributed by atoms with van der Waals surface area (Å²) in [5.41, 5.74) is -0.820. The van der Waals surface area contributed by atoms with Gasteiger partial charge in [-0.1, -0.05) is 35.7 Å². The van der Waals surface area contributed by atoms with Crippen molar-refractivity contribution in [2.45, 2.75) is 39.0 Å². The van der Waals surface area contributed by atoms with E-state index in [-0.39, 0.29) is 11.6 Å². The van der Waals surface area contributed by atoms with Gasteiger partial charge in [-0.2, -0.15) is 0 Å². The van der Waals surface area contributed by atoms with Gasteiger partial charge in [0.25, 0.3) is 0 Å². The van der Waals surface area contributed by atoms with Crippen molar-refractivity contribution in [1.82, 2.24) is 0 Å². The number of benzene rings is 1. The zero-order valence-electron chi connectivity index (χ0n) is 10.7. The van der Waals surface area contributed by atoms with Crippen LogP contribution in [0.4, 0.5) is 14.5 Å². The molecule has 0 bridgehead atoms. The highest BCUT2D eigenvalue weighted by Gasteiger charge is 2.39. The standard InChI is InChI=1S/C14H16BrF2NO/c1-2-14(5-3-4-6-14)13(19)18-12-10(16)7-9(15)8-11(12)17/h7-8H,2-6H2,1H3,(H,18,19). The number of carbonyl (C=O) groups is 1. The zero-order valence-corrected chi connectivity index (χ0v) is 12.3. The van der Waals surface area contributed by atoms with Crippen LogP contribution in [0.25, 0.3) is 0 Å². The van der Waals surface area contributed by atoms with E-state index < -0.39 is 17.0 Å². The summed E-state index contributed by atoms with van der Waals surface area (Å²) < 4.78 is 27.7. The molecule has 1 N–H and O–H groups in total. The van der Waals surface area contributed by atoms with E-state index in [2.05, 4.69) is 21.2 Å². The van der Waals surface area contributed by atoms with Gasteiger partial charge in [-0.05, 0) is 31.4 Å². The first kappa shape index (κ1) is 14.4. The molecule has 1 aliphatic rings. The van der Waals surface area contributed by atoms with Crippen molar-refractivity contribution in [3.8, 4) is 0 Å². The molecule has 0 unspecified atom stereocenters. The predicted octanol–water partition coefficient (Wildman–Crippen LogP) is 4.64. The minimum atomic E-state index is -0.760. The first-order valence-corrected chi connectivity index (χ1v) is 7.24. The lowest BCUT2D eigenvalue weighted by atomic mass is 9.82. The van der Waals surface area contributed by atoms with Crippen LogP contribution in [0.1, 0.15) is 39.0 Å². The molecule has 104 valence electrons. The van der Waals surface area contributed by atoms with Crippen LogP contribution in [-0.4, -0.2) is 5.91 Å². The fourth-order valence-electron chi connectivity index (χ4n) is 2.70. The molecular weight excluding hydrogens is 316 g/mol. The first-order valence-electron chi connectivity index (χ1n) is 6.44. The van der Waals surface area contributed by atoms with Gasteiger partial charge in [-0.3, -0.25) is 4.79 Å². The Morgan fingerprint density at radius 1 is 1.32 bits per heavy atom. The number of nitrogens with one attached hydrogen (secondary N) is 1. The fourth-order valence-corrected chi connectivity index (χ4v) is 3.10. The van der Waals surface area contributed by atoms with Crippen LogP contribution >= 0.6 is 15.9 Å². The first-order chi connectivity index (χ1) is 8.98. The molecule has 0 spiro atoms. The monoisotopic (exact) mass is 331 g/mol. The molecule has 1 fully saturated rings. The molecule has 1 saturated carbocycles. The van der Waals surface area contributed by atoms with E-state index in [9.17, 15) is 13.6 Å². The molecule has 0 atom stereocenters. The second-order valence-corrected chi connectivity index (χ2v) is 5.96. The van der Waals surface area contributed by atoms with Crippen LogP contribution in [0.5, 0.6) is 0 Å². The summed E-state index contributed by atoms with van der Waals surface area (Å²) in [6, 6.07) is 2.29. The number of rotatable bonds is 3. The molecule has 0 saturated heterocycles. The van der Waals surface area contributed by atoms with E-state index in [1.165, 1.54) is 0 Å². The number of amides is 1. The number of carbonyl (C=O) groups excluding carboxylic acids is 1. The number of halogens is 3. The highest BCUT2D eigenvalue weighted by atomic mass is 79.9. The van der Waals surface area contributed by atoms with E-state index in [1.54, 1.807) is 0 Å². The number of hydrogen-bond donors (Lipinski definition) is 1. The van der Waals surface area contributed by atoms with E-state index in [4.69, 9.17) is 0 Å². The summed E-state index contributed by atoms with van der Waals surface area (Å²) in [5.74, 6) is -1.79. The molecule has 0 radical (unpaired) electrons. The molecule has 1 aromatic rings. The molecule has 19 heavy (non-hydrogen) atoms. The van der Waals surface area contributed by atoms with Gasteiger partial charge in [-0.15, -0.1) is 0 Å². The minimum absolute atomic E-state index is 0.271. The topological polar surface area (TPSA) is 29.1 Å². The summed E-state index contributed by atoms with van der Waals surface area (Å²) in [7, 11) is 0. The summed E-state index contributed by atoms with van der Waals surface area (Å²) >= 11 is 3.01. The highest BCUT2D eigenvalue weighted by Crippen LogP contribution is 2.42. The third-order valence-electron chi connectivity index (χ3n) is 3.96. The second kappa shape index (κ2) is 5.57. The molecule has 2 nitrogen and oxygen atoms in total. The average molecular weight is 332 g/mol. The van der Waals surface area contributed by atoms with Crippen LogP contribution in [0.2, 0.25) is 0 Å². The Labute approximate surface area is 119 Å². The molecule has 0 aromatic heterocycles. The maximum Gasteiger partial charge on any atom is 0.230 e. The van der Waals surface area contributed by atoms with Gasteiger partial charge in [0, 0.05) is 9.89 Å². The lowest BCUT2D eigenvalue weighted by Crippen LogP contribution is -2.33. The van der Waals surface area contributed by atoms with Crippen molar-refractivity contribution in [2.75, 3.05) is 5.32 Å². The Morgan fingerprint density at radius 3 is 2.32 bits per heavy atom. The van der Waals surface area contributed by atoms with E-state index in [0.29, 0.717) is 10.9 Å². The van der Waals surface area contributed by atoms with Crippen LogP contribution in [0.3, 0.4) is 0 Å². The van der Waals surface area contributed by atoms with E-state index in [0.717, 1.165) is 37.8 Å². The maximum absolute atomic E-state index is 13.7. The fraction of sp³-hybridized carbons (Fsp3) is 0.500. The molecule has 0 heterocycles. The number of hydrogen-bond acceptors (Lipinski definition) is 1. The van der Waals surface area contributed by atoms with Gasteiger partial charge in [0.15, 0.2) is 11.6 Å². The minimum Gasteiger partial charge on any atom is -0.321 e. The van der Waals surface area contributed by atoms with Crippen molar-refractivity contribution >= 4 is 27.5 Å². The Morgan fingerprint density at radius 2 is 1.84 bits per heavy atom. The average Bonchev–Trinajstić information content (AvgIpc) is 2.83. The molecule has 1 amide bonds. The third kappa shape index (κ3) is 2.81. The van der Waals surface area contributed by atoms with Crippen molar-refractivity contribution in [1.29, 1.82) is 0 Å². The van der Waals surface area contributed by atoms with Gasteiger partial charge < -0.3 is 5.32 Å². The highest BCUT2D eigenvalue weighted by molar-refractivity contribution is 9.10. The quantitative estimate of drug-likeness (QED) is 0.859. The maximum atomic E-state index is 13.7. The lowest BCUT2D eigenvalue weighted by Gasteiger charge is -2.26. The van der Waals surface area contributed by atoms with E-state index in [1.807, 2.05) is 6.92 Å². The SMILES string of the molecule is CCC1(C(=O)Nc2c(F)cc(Br)cc2F)CCCC1. The summed E-state index contributed by atoms with van der Waals surface area (Å²) in [6.45, 7) is 1.94. The van der Waals surface area contributed by atoms with Gasteiger partial charge in [0.05, 0.1) is 0 Å². The molecule has 2 rings (SSSR count). The van der Waals surface area contributed by atoms with Gasteiger partial charge in [-0.25, -0.2) is 8.78 Å². The van der Waals surface area contributed by atoms with Crippen LogP contribution in [-0.2, 0) is 4.79 Å². The molecule has 0 aliphatic heterocycles. The lowest BCUT2D eigenvalue weighted by molar-refractivity contribution is -0.125. The van der Waals surface area contributed by atoms with Gasteiger partial charge in [0.2, 0.25) is 5.91 Å². The number of anilines is 1. The van der Waals surface area contributed by atoms with Crippen LogP contribution < -0.4 is 5.32 Å². The van der Waals surface area contributed by atoms with Crippen molar-refractivity contribution < 1.29 is 13.6 Å². The molecule has 5 heteroatoms. The largest absolute Gasteiger partial charge is 0.321 e.